The lowest BCUT2D eigenvalue weighted by Crippen LogP contribution is -2.30. The van der Waals surface area contributed by atoms with E-state index in [2.05, 4.69) is 34.7 Å². The Morgan fingerprint density at radius 2 is 1.84 bits per heavy atom. The van der Waals surface area contributed by atoms with Gasteiger partial charge in [0.05, 0.1) is 19.8 Å². The van der Waals surface area contributed by atoms with Crippen molar-refractivity contribution in [2.24, 2.45) is 5.92 Å². The van der Waals surface area contributed by atoms with Crippen LogP contribution in [-0.4, -0.2) is 64.1 Å². The van der Waals surface area contributed by atoms with E-state index < -0.39 is 0 Å². The van der Waals surface area contributed by atoms with E-state index in [1.807, 2.05) is 33.0 Å². The van der Waals surface area contributed by atoms with Gasteiger partial charge in [-0.3, -0.25) is 9.59 Å². The number of hydrogen-bond donors (Lipinski definition) is 3. The van der Waals surface area contributed by atoms with Crippen molar-refractivity contribution in [1.82, 2.24) is 16.0 Å². The van der Waals surface area contributed by atoms with Gasteiger partial charge in [0.15, 0.2) is 0 Å². The lowest BCUT2D eigenvalue weighted by Gasteiger charge is -2.17. The molecule has 0 bridgehead atoms. The summed E-state index contributed by atoms with van der Waals surface area (Å²) >= 11 is 0. The molecule has 7 nitrogen and oxygen atoms in total. The number of carbonyl (C=O) groups excluding carboxylic acids is 2. The maximum absolute atomic E-state index is 12.1. The van der Waals surface area contributed by atoms with Crippen molar-refractivity contribution >= 4 is 33.4 Å². The molecule has 32 heavy (non-hydrogen) atoms. The van der Waals surface area contributed by atoms with Crippen LogP contribution in [0.4, 0.5) is 0 Å². The van der Waals surface area contributed by atoms with Crippen LogP contribution in [0.25, 0.3) is 0 Å². The van der Waals surface area contributed by atoms with Gasteiger partial charge in [0.2, 0.25) is 5.91 Å². The van der Waals surface area contributed by atoms with E-state index in [4.69, 9.17) is 9.47 Å². The first kappa shape index (κ1) is 28.3. The Kier molecular flexibility index (Phi) is 15.8. The smallest absolute Gasteiger partial charge is 0.251 e. The Bertz CT molecular complexity index is 733. The molecule has 0 spiro atoms. The third kappa shape index (κ3) is 13.0. The largest absolute Gasteiger partial charge is 0.369 e. The van der Waals surface area contributed by atoms with Gasteiger partial charge < -0.3 is 25.4 Å². The molecule has 0 saturated heterocycles. The summed E-state index contributed by atoms with van der Waals surface area (Å²) in [5, 5.41) is 8.56. The molecule has 0 heterocycles. The summed E-state index contributed by atoms with van der Waals surface area (Å²) in [7, 11) is 5.17. The monoisotopic (exact) mass is 481 g/mol. The SMILES string of the molecule is CCSSC(OCCOCC(=O)NCC#CC(C)C)c1ccc(C(=O)NCCNC)cc1. The Labute approximate surface area is 199 Å². The molecular weight excluding hydrogens is 446 g/mol. The highest BCUT2D eigenvalue weighted by Gasteiger charge is 2.14. The van der Waals surface area contributed by atoms with Gasteiger partial charge in [-0.25, -0.2) is 0 Å². The van der Waals surface area contributed by atoms with Crippen molar-refractivity contribution in [1.29, 1.82) is 0 Å². The lowest BCUT2D eigenvalue weighted by molar-refractivity contribution is -0.126. The maximum Gasteiger partial charge on any atom is 0.251 e. The highest BCUT2D eigenvalue weighted by molar-refractivity contribution is 8.76. The molecule has 0 saturated carbocycles. The molecule has 2 amide bonds. The second kappa shape index (κ2) is 17.8. The molecule has 9 heteroatoms. The quantitative estimate of drug-likeness (QED) is 0.154. The van der Waals surface area contributed by atoms with Crippen molar-refractivity contribution in [2.75, 3.05) is 52.3 Å². The van der Waals surface area contributed by atoms with Crippen LogP contribution >= 0.6 is 21.6 Å². The third-order valence-electron chi connectivity index (χ3n) is 3.87. The standard InChI is InChI=1S/C23H35N3O4S2/c1-5-31-32-23(20-10-8-19(9-11-20)22(28)26-14-13-24-4)30-16-15-29-17-21(27)25-12-6-7-18(2)3/h8-11,18,23-24H,5,12-17H2,1-4H3,(H,25,27)(H,26,28). The Morgan fingerprint density at radius 3 is 2.50 bits per heavy atom. The predicted molar refractivity (Wildman–Crippen MR) is 134 cm³/mol. The van der Waals surface area contributed by atoms with E-state index in [9.17, 15) is 9.59 Å². The molecule has 1 aromatic carbocycles. The summed E-state index contributed by atoms with van der Waals surface area (Å²) in [6, 6.07) is 7.43. The van der Waals surface area contributed by atoms with E-state index >= 15 is 0 Å². The normalized spacial score (nSPS) is 11.5. The molecule has 1 unspecified atom stereocenters. The van der Waals surface area contributed by atoms with Crippen LogP contribution in [-0.2, 0) is 14.3 Å². The van der Waals surface area contributed by atoms with Gasteiger partial charge >= 0.3 is 0 Å². The Morgan fingerprint density at radius 1 is 1.09 bits per heavy atom. The molecule has 1 atom stereocenters. The van der Waals surface area contributed by atoms with E-state index in [1.54, 1.807) is 33.7 Å². The van der Waals surface area contributed by atoms with E-state index in [0.717, 1.165) is 17.9 Å². The van der Waals surface area contributed by atoms with Gasteiger partial charge in [-0.1, -0.05) is 66.3 Å². The summed E-state index contributed by atoms with van der Waals surface area (Å²) in [5.74, 6) is 6.83. The molecule has 178 valence electrons. The Hall–Kier alpha value is -1.70. The van der Waals surface area contributed by atoms with Crippen LogP contribution < -0.4 is 16.0 Å². The van der Waals surface area contributed by atoms with Gasteiger partial charge in [0.25, 0.3) is 5.91 Å². The molecule has 0 aliphatic heterocycles. The van der Waals surface area contributed by atoms with Gasteiger partial charge in [0, 0.05) is 30.3 Å². The molecule has 0 aliphatic rings. The second-order valence-electron chi connectivity index (χ2n) is 6.99. The average molecular weight is 482 g/mol. The molecule has 3 N–H and O–H groups in total. The zero-order chi connectivity index (χ0) is 23.6. The summed E-state index contributed by atoms with van der Waals surface area (Å²) in [6.07, 6.45) is 0. The van der Waals surface area contributed by atoms with Crippen LogP contribution in [0.2, 0.25) is 0 Å². The van der Waals surface area contributed by atoms with Gasteiger partial charge in [-0.15, -0.1) is 0 Å². The van der Waals surface area contributed by atoms with Crippen molar-refractivity contribution in [2.45, 2.75) is 26.2 Å². The fourth-order valence-corrected chi connectivity index (χ4v) is 4.29. The lowest BCUT2D eigenvalue weighted by atomic mass is 10.1. The number of nitrogens with one attached hydrogen (secondary N) is 3. The molecule has 1 rings (SSSR count). The van der Waals surface area contributed by atoms with Crippen LogP contribution in [0, 0.1) is 17.8 Å². The molecule has 1 aromatic rings. The number of benzene rings is 1. The van der Waals surface area contributed by atoms with Crippen LogP contribution in [0.1, 0.15) is 42.1 Å². The molecule has 0 radical (unpaired) electrons. The number of amides is 2. The van der Waals surface area contributed by atoms with Crippen molar-refractivity contribution in [3.8, 4) is 11.8 Å². The Balaban J connectivity index is 2.43. The number of likely N-dealkylation sites (N-methyl/N-ethyl adjacent to an activating group) is 1. The average Bonchev–Trinajstić information content (AvgIpc) is 2.78. The van der Waals surface area contributed by atoms with Crippen LogP contribution in [0.3, 0.4) is 0 Å². The molecular formula is C23H35N3O4S2. The van der Waals surface area contributed by atoms with E-state index in [0.29, 0.717) is 31.9 Å². The molecule has 0 aromatic heterocycles. The first-order valence-corrected chi connectivity index (χ1v) is 13.1. The molecule has 0 fully saturated rings. The summed E-state index contributed by atoms with van der Waals surface area (Å²) in [6.45, 7) is 8.36. The number of hydrogen-bond acceptors (Lipinski definition) is 7. The highest BCUT2D eigenvalue weighted by atomic mass is 33.1. The number of ether oxygens (including phenoxy) is 2. The van der Waals surface area contributed by atoms with Crippen molar-refractivity contribution < 1.29 is 19.1 Å². The fourth-order valence-electron chi connectivity index (χ4n) is 2.33. The van der Waals surface area contributed by atoms with Crippen LogP contribution in [0.15, 0.2) is 24.3 Å². The maximum atomic E-state index is 12.1. The van der Waals surface area contributed by atoms with Crippen LogP contribution in [0.5, 0.6) is 0 Å². The van der Waals surface area contributed by atoms with E-state index in [-0.39, 0.29) is 29.8 Å². The summed E-state index contributed by atoms with van der Waals surface area (Å²) < 4.78 is 11.4. The number of rotatable bonds is 15. The van der Waals surface area contributed by atoms with Gasteiger partial charge in [0.1, 0.15) is 12.0 Å². The first-order chi connectivity index (χ1) is 15.5. The van der Waals surface area contributed by atoms with E-state index in [1.165, 1.54) is 0 Å². The zero-order valence-electron chi connectivity index (χ0n) is 19.4. The van der Waals surface area contributed by atoms with Gasteiger partial charge in [-0.05, 0) is 24.7 Å². The van der Waals surface area contributed by atoms with Crippen molar-refractivity contribution in [3.63, 3.8) is 0 Å². The second-order valence-corrected chi connectivity index (χ2v) is 9.71. The summed E-state index contributed by atoms with van der Waals surface area (Å²) in [5.41, 5.74) is 1.40. The molecule has 0 aliphatic carbocycles. The highest BCUT2D eigenvalue weighted by Crippen LogP contribution is 2.38. The number of carbonyl (C=O) groups is 2. The predicted octanol–water partition coefficient (Wildman–Crippen LogP) is 2.84. The first-order valence-electron chi connectivity index (χ1n) is 10.7. The third-order valence-corrected chi connectivity index (χ3v) is 6.47. The minimum absolute atomic E-state index is 0.0222. The van der Waals surface area contributed by atoms with Crippen molar-refractivity contribution in [3.05, 3.63) is 35.4 Å². The zero-order valence-corrected chi connectivity index (χ0v) is 21.0. The minimum Gasteiger partial charge on any atom is -0.369 e. The summed E-state index contributed by atoms with van der Waals surface area (Å²) in [4.78, 5) is 23.9. The minimum atomic E-state index is -0.195. The fraction of sp³-hybridized carbons (Fsp3) is 0.565. The topological polar surface area (TPSA) is 88.7 Å². The van der Waals surface area contributed by atoms with Gasteiger partial charge in [-0.2, -0.15) is 0 Å².